The topological polar surface area (TPSA) is 133 Å². The van der Waals surface area contributed by atoms with Crippen LogP contribution in [0.4, 0.5) is 17.1 Å². The quantitative estimate of drug-likeness (QED) is 0.492. The molecule has 9 nitrogen and oxygen atoms in total. The Kier molecular flexibility index (Phi) is 3.56. The smallest absolute Gasteiger partial charge is 0.293 e. The number of hydrogen-bond acceptors (Lipinski definition) is 6. The Morgan fingerprint density at radius 3 is 2.62 bits per heavy atom. The summed E-state index contributed by atoms with van der Waals surface area (Å²) in [6, 6.07) is 2.21. The van der Waals surface area contributed by atoms with Crippen molar-refractivity contribution in [3.8, 4) is 0 Å². The second-order valence-corrected chi connectivity index (χ2v) is 6.09. The minimum Gasteiger partial charge on any atom is -0.393 e. The summed E-state index contributed by atoms with van der Waals surface area (Å²) >= 11 is 0. The van der Waals surface area contributed by atoms with Crippen LogP contribution in [0, 0.1) is 17.0 Å². The first kappa shape index (κ1) is 14.8. The van der Waals surface area contributed by atoms with E-state index in [2.05, 4.69) is 9.82 Å². The van der Waals surface area contributed by atoms with Crippen molar-refractivity contribution in [2.45, 2.75) is 11.8 Å². The lowest BCUT2D eigenvalue weighted by molar-refractivity contribution is -0.384. The summed E-state index contributed by atoms with van der Waals surface area (Å²) < 4.78 is 28.3. The van der Waals surface area contributed by atoms with Crippen LogP contribution in [0.15, 0.2) is 29.4 Å². The molecule has 1 heterocycles. The van der Waals surface area contributed by atoms with Crippen LogP contribution >= 0.6 is 0 Å². The Bertz CT molecular complexity index is 812. The summed E-state index contributed by atoms with van der Waals surface area (Å²) in [4.78, 5) is 9.94. The van der Waals surface area contributed by atoms with Crippen molar-refractivity contribution in [2.75, 3.05) is 10.5 Å². The first-order chi connectivity index (χ1) is 9.70. The van der Waals surface area contributed by atoms with Gasteiger partial charge in [0.15, 0.2) is 0 Å². The van der Waals surface area contributed by atoms with Gasteiger partial charge in [-0.25, -0.2) is 8.42 Å². The molecule has 112 valence electrons. The normalized spacial score (nSPS) is 11.3. The molecule has 0 aliphatic heterocycles. The molecule has 0 aliphatic rings. The Morgan fingerprint density at radius 2 is 2.10 bits per heavy atom. The van der Waals surface area contributed by atoms with Gasteiger partial charge in [0, 0.05) is 19.3 Å². The molecule has 0 atom stereocenters. The molecular formula is C11H13N5O4S. The van der Waals surface area contributed by atoms with Crippen LogP contribution in [0.3, 0.4) is 0 Å². The Labute approximate surface area is 120 Å². The number of nitro groups is 1. The molecule has 0 fully saturated rings. The van der Waals surface area contributed by atoms with Gasteiger partial charge in [-0.2, -0.15) is 5.10 Å². The van der Waals surface area contributed by atoms with Gasteiger partial charge in [0.25, 0.3) is 15.7 Å². The first-order valence-corrected chi connectivity index (χ1v) is 7.25. The van der Waals surface area contributed by atoms with E-state index in [9.17, 15) is 18.5 Å². The zero-order chi connectivity index (χ0) is 15.8. The summed E-state index contributed by atoms with van der Waals surface area (Å²) in [5.41, 5.74) is 5.56. The van der Waals surface area contributed by atoms with E-state index < -0.39 is 20.6 Å². The Morgan fingerprint density at radius 1 is 1.43 bits per heavy atom. The molecule has 3 N–H and O–H groups in total. The van der Waals surface area contributed by atoms with Crippen LogP contribution in [0.25, 0.3) is 0 Å². The molecule has 10 heteroatoms. The molecule has 0 spiro atoms. The third kappa shape index (κ3) is 2.94. The third-order valence-corrected chi connectivity index (χ3v) is 4.29. The summed E-state index contributed by atoms with van der Waals surface area (Å²) in [7, 11) is -2.33. The number of nitro benzene ring substituents is 1. The van der Waals surface area contributed by atoms with Crippen LogP contribution in [0.1, 0.15) is 5.56 Å². The number of anilines is 2. The lowest BCUT2D eigenvalue weighted by Gasteiger charge is -2.09. The van der Waals surface area contributed by atoms with Gasteiger partial charge in [-0.1, -0.05) is 0 Å². The number of nitrogens with two attached hydrogens (primary N) is 1. The molecule has 2 aromatic rings. The number of nitrogens with one attached hydrogen (secondary N) is 1. The number of aromatic nitrogens is 2. The standard InChI is InChI=1S/C11H13N5O4S/c1-7-3-9(12)10(16(17)18)4-11(7)21(19,20)14-8-5-13-15(2)6-8/h3-6,14H,12H2,1-2H3. The van der Waals surface area contributed by atoms with Crippen molar-refractivity contribution in [3.63, 3.8) is 0 Å². The zero-order valence-corrected chi connectivity index (χ0v) is 12.1. The largest absolute Gasteiger partial charge is 0.393 e. The fourth-order valence-electron chi connectivity index (χ4n) is 1.83. The van der Waals surface area contributed by atoms with Gasteiger partial charge in [0.2, 0.25) is 0 Å². The second kappa shape index (κ2) is 5.05. The summed E-state index contributed by atoms with van der Waals surface area (Å²) in [5, 5.41) is 14.7. The number of nitrogens with zero attached hydrogens (tertiary/aromatic N) is 3. The number of sulfonamides is 1. The molecule has 0 bridgehead atoms. The van der Waals surface area contributed by atoms with Gasteiger partial charge in [-0.05, 0) is 18.6 Å². The zero-order valence-electron chi connectivity index (χ0n) is 11.3. The van der Waals surface area contributed by atoms with Crippen LogP contribution in [0.5, 0.6) is 0 Å². The van der Waals surface area contributed by atoms with E-state index in [1.165, 1.54) is 30.1 Å². The molecule has 21 heavy (non-hydrogen) atoms. The van der Waals surface area contributed by atoms with E-state index in [0.29, 0.717) is 5.56 Å². The predicted molar refractivity (Wildman–Crippen MR) is 76.3 cm³/mol. The fourth-order valence-corrected chi connectivity index (χ4v) is 3.11. The van der Waals surface area contributed by atoms with Crippen LogP contribution in [-0.2, 0) is 17.1 Å². The molecule has 0 radical (unpaired) electrons. The van der Waals surface area contributed by atoms with E-state index >= 15 is 0 Å². The van der Waals surface area contributed by atoms with Crippen molar-refractivity contribution < 1.29 is 13.3 Å². The molecular weight excluding hydrogens is 298 g/mol. The number of aryl methyl sites for hydroxylation is 2. The average molecular weight is 311 g/mol. The average Bonchev–Trinajstić information content (AvgIpc) is 2.72. The van der Waals surface area contributed by atoms with Gasteiger partial charge in [-0.15, -0.1) is 0 Å². The van der Waals surface area contributed by atoms with E-state index in [1.807, 2.05) is 0 Å². The van der Waals surface area contributed by atoms with Gasteiger partial charge >= 0.3 is 0 Å². The number of benzene rings is 1. The summed E-state index contributed by atoms with van der Waals surface area (Å²) in [6.45, 7) is 1.51. The molecule has 0 unspecified atom stereocenters. The molecule has 0 aliphatic carbocycles. The van der Waals surface area contributed by atoms with Crippen LogP contribution in [-0.4, -0.2) is 23.1 Å². The van der Waals surface area contributed by atoms with Crippen molar-refractivity contribution >= 4 is 27.1 Å². The lowest BCUT2D eigenvalue weighted by atomic mass is 10.2. The second-order valence-electron chi connectivity index (χ2n) is 4.44. The highest BCUT2D eigenvalue weighted by molar-refractivity contribution is 7.92. The molecule has 0 amide bonds. The van der Waals surface area contributed by atoms with E-state index in [-0.39, 0.29) is 16.3 Å². The molecule has 2 rings (SSSR count). The predicted octanol–water partition coefficient (Wildman–Crippen LogP) is 1.02. The van der Waals surface area contributed by atoms with Gasteiger partial charge in [-0.3, -0.25) is 19.5 Å². The minimum atomic E-state index is -3.97. The van der Waals surface area contributed by atoms with Gasteiger partial charge in [0.05, 0.1) is 21.7 Å². The van der Waals surface area contributed by atoms with Gasteiger partial charge < -0.3 is 5.73 Å². The SMILES string of the molecule is Cc1cc(N)c([N+](=O)[O-])cc1S(=O)(=O)Nc1cnn(C)c1. The minimum absolute atomic E-state index is 0.0853. The van der Waals surface area contributed by atoms with Crippen molar-refractivity contribution in [1.82, 2.24) is 9.78 Å². The van der Waals surface area contributed by atoms with Crippen LogP contribution in [0.2, 0.25) is 0 Å². The van der Waals surface area contributed by atoms with E-state index in [0.717, 1.165) is 6.07 Å². The summed E-state index contributed by atoms with van der Waals surface area (Å²) in [5.74, 6) is 0. The highest BCUT2D eigenvalue weighted by Crippen LogP contribution is 2.29. The summed E-state index contributed by atoms with van der Waals surface area (Å²) in [6.07, 6.45) is 2.80. The maximum atomic E-state index is 12.3. The van der Waals surface area contributed by atoms with Gasteiger partial charge in [0.1, 0.15) is 5.69 Å². The third-order valence-electron chi connectivity index (χ3n) is 2.77. The highest BCUT2D eigenvalue weighted by atomic mass is 32.2. The van der Waals surface area contributed by atoms with Crippen molar-refractivity contribution in [2.24, 2.45) is 7.05 Å². The van der Waals surface area contributed by atoms with E-state index in [1.54, 1.807) is 7.05 Å². The number of nitrogen functional groups attached to an aromatic ring is 1. The molecule has 0 saturated heterocycles. The van der Waals surface area contributed by atoms with Crippen molar-refractivity contribution in [1.29, 1.82) is 0 Å². The Balaban J connectivity index is 2.49. The van der Waals surface area contributed by atoms with Crippen molar-refractivity contribution in [3.05, 3.63) is 40.2 Å². The first-order valence-electron chi connectivity index (χ1n) is 5.76. The maximum Gasteiger partial charge on any atom is 0.293 e. The Hall–Kier alpha value is -2.62. The van der Waals surface area contributed by atoms with Crippen LogP contribution < -0.4 is 10.5 Å². The lowest BCUT2D eigenvalue weighted by Crippen LogP contribution is -2.14. The number of rotatable bonds is 4. The van der Waals surface area contributed by atoms with E-state index in [4.69, 9.17) is 5.73 Å². The number of hydrogen-bond donors (Lipinski definition) is 2. The fraction of sp³-hybridized carbons (Fsp3) is 0.182. The monoisotopic (exact) mass is 311 g/mol. The molecule has 0 saturated carbocycles. The molecule has 1 aromatic carbocycles. The highest BCUT2D eigenvalue weighted by Gasteiger charge is 2.23. The maximum absolute atomic E-state index is 12.3. The molecule has 1 aromatic heterocycles.